The minimum Gasteiger partial charge on any atom is -0.378 e. The van der Waals surface area contributed by atoms with Crippen LogP contribution in [0.1, 0.15) is 11.6 Å². The standard InChI is InChI=1S/C17H18BrNO/c1-19-9-10-20-12-17(19)14-7-5-13(6-8-14)15-3-2-4-16(18)11-15/h2-8,11,17H,9-10,12H2,1H3. The maximum atomic E-state index is 5.59. The van der Waals surface area contributed by atoms with E-state index in [0.29, 0.717) is 6.04 Å². The zero-order valence-electron chi connectivity index (χ0n) is 11.6. The van der Waals surface area contributed by atoms with Crippen molar-refractivity contribution in [2.75, 3.05) is 26.8 Å². The number of likely N-dealkylation sites (N-methyl/N-ethyl adjacent to an activating group) is 1. The van der Waals surface area contributed by atoms with Gasteiger partial charge in [-0.05, 0) is 35.9 Å². The number of nitrogens with zero attached hydrogens (tertiary/aromatic N) is 1. The largest absolute Gasteiger partial charge is 0.378 e. The maximum absolute atomic E-state index is 5.59. The molecule has 0 aliphatic carbocycles. The number of halogens is 1. The zero-order chi connectivity index (χ0) is 13.9. The van der Waals surface area contributed by atoms with Gasteiger partial charge in [-0.3, -0.25) is 4.90 Å². The lowest BCUT2D eigenvalue weighted by atomic mass is 10.00. The molecule has 0 amide bonds. The van der Waals surface area contributed by atoms with Crippen LogP contribution in [-0.2, 0) is 4.74 Å². The fraction of sp³-hybridized carbons (Fsp3) is 0.294. The lowest BCUT2D eigenvalue weighted by molar-refractivity contribution is 0.00506. The van der Waals surface area contributed by atoms with E-state index in [1.807, 2.05) is 6.07 Å². The monoisotopic (exact) mass is 331 g/mol. The van der Waals surface area contributed by atoms with E-state index in [4.69, 9.17) is 4.74 Å². The van der Waals surface area contributed by atoms with Crippen LogP contribution >= 0.6 is 15.9 Å². The molecule has 1 heterocycles. The minimum absolute atomic E-state index is 0.375. The van der Waals surface area contributed by atoms with Crippen LogP contribution in [0.3, 0.4) is 0 Å². The first-order valence-corrected chi connectivity index (χ1v) is 7.67. The van der Waals surface area contributed by atoms with E-state index in [1.54, 1.807) is 0 Å². The van der Waals surface area contributed by atoms with Crippen molar-refractivity contribution in [3.63, 3.8) is 0 Å². The molecule has 3 heteroatoms. The van der Waals surface area contributed by atoms with E-state index in [0.717, 1.165) is 24.2 Å². The summed E-state index contributed by atoms with van der Waals surface area (Å²) in [6, 6.07) is 17.6. The molecular weight excluding hydrogens is 314 g/mol. The van der Waals surface area contributed by atoms with Crippen LogP contribution in [0.4, 0.5) is 0 Å². The van der Waals surface area contributed by atoms with Gasteiger partial charge in [0.15, 0.2) is 0 Å². The molecule has 1 saturated heterocycles. The van der Waals surface area contributed by atoms with E-state index in [-0.39, 0.29) is 0 Å². The number of benzene rings is 2. The highest BCUT2D eigenvalue weighted by atomic mass is 79.9. The van der Waals surface area contributed by atoms with Crippen molar-refractivity contribution in [1.82, 2.24) is 4.90 Å². The zero-order valence-corrected chi connectivity index (χ0v) is 13.1. The Hall–Kier alpha value is -1.16. The molecular formula is C17H18BrNO. The topological polar surface area (TPSA) is 12.5 Å². The van der Waals surface area contributed by atoms with Crippen molar-refractivity contribution in [1.29, 1.82) is 0 Å². The van der Waals surface area contributed by atoms with E-state index < -0.39 is 0 Å². The van der Waals surface area contributed by atoms with Crippen LogP contribution in [0, 0.1) is 0 Å². The third-order valence-electron chi connectivity index (χ3n) is 3.85. The second-order valence-corrected chi connectivity index (χ2v) is 6.12. The molecule has 0 aromatic heterocycles. The molecule has 3 rings (SSSR count). The van der Waals surface area contributed by atoms with Crippen LogP contribution in [0.15, 0.2) is 53.0 Å². The number of hydrogen-bond acceptors (Lipinski definition) is 2. The molecule has 1 fully saturated rings. The smallest absolute Gasteiger partial charge is 0.0664 e. The summed E-state index contributed by atoms with van der Waals surface area (Å²) in [7, 11) is 2.16. The summed E-state index contributed by atoms with van der Waals surface area (Å²) in [5.41, 5.74) is 3.81. The van der Waals surface area contributed by atoms with Gasteiger partial charge in [-0.2, -0.15) is 0 Å². The number of rotatable bonds is 2. The van der Waals surface area contributed by atoms with Crippen molar-refractivity contribution in [3.05, 3.63) is 58.6 Å². The SMILES string of the molecule is CN1CCOCC1c1ccc(-c2cccc(Br)c2)cc1. The first kappa shape index (κ1) is 13.8. The molecule has 1 atom stereocenters. The molecule has 0 spiro atoms. The average molecular weight is 332 g/mol. The van der Waals surface area contributed by atoms with Gasteiger partial charge in [-0.1, -0.05) is 52.3 Å². The van der Waals surface area contributed by atoms with Gasteiger partial charge < -0.3 is 4.74 Å². The molecule has 0 bridgehead atoms. The molecule has 0 saturated carbocycles. The molecule has 0 N–H and O–H groups in total. The molecule has 1 unspecified atom stereocenters. The van der Waals surface area contributed by atoms with Gasteiger partial charge >= 0.3 is 0 Å². The Morgan fingerprint density at radius 2 is 1.90 bits per heavy atom. The predicted octanol–water partition coefficient (Wildman–Crippen LogP) is 4.12. The van der Waals surface area contributed by atoms with Gasteiger partial charge in [0.05, 0.1) is 19.3 Å². The predicted molar refractivity (Wildman–Crippen MR) is 85.8 cm³/mol. The van der Waals surface area contributed by atoms with E-state index >= 15 is 0 Å². The molecule has 0 radical (unpaired) electrons. The summed E-state index contributed by atoms with van der Waals surface area (Å²) in [5, 5.41) is 0. The molecule has 2 aromatic rings. The highest BCUT2D eigenvalue weighted by Gasteiger charge is 2.20. The van der Waals surface area contributed by atoms with Crippen molar-refractivity contribution >= 4 is 15.9 Å². The highest BCUT2D eigenvalue weighted by Crippen LogP contribution is 2.27. The summed E-state index contributed by atoms with van der Waals surface area (Å²) in [6.07, 6.45) is 0. The molecule has 2 nitrogen and oxygen atoms in total. The van der Waals surface area contributed by atoms with E-state index in [9.17, 15) is 0 Å². The third-order valence-corrected chi connectivity index (χ3v) is 4.34. The molecule has 2 aromatic carbocycles. The van der Waals surface area contributed by atoms with Gasteiger partial charge in [0.1, 0.15) is 0 Å². The summed E-state index contributed by atoms with van der Waals surface area (Å²) < 4.78 is 6.70. The summed E-state index contributed by atoms with van der Waals surface area (Å²) >= 11 is 3.52. The van der Waals surface area contributed by atoms with Crippen molar-refractivity contribution < 1.29 is 4.74 Å². The van der Waals surface area contributed by atoms with Crippen LogP contribution < -0.4 is 0 Å². The number of hydrogen-bond donors (Lipinski definition) is 0. The Morgan fingerprint density at radius 3 is 2.60 bits per heavy atom. The van der Waals surface area contributed by atoms with Crippen LogP contribution in [-0.4, -0.2) is 31.7 Å². The highest BCUT2D eigenvalue weighted by molar-refractivity contribution is 9.10. The van der Waals surface area contributed by atoms with Crippen LogP contribution in [0.2, 0.25) is 0 Å². The molecule has 1 aliphatic rings. The molecule has 20 heavy (non-hydrogen) atoms. The van der Waals surface area contributed by atoms with E-state index in [1.165, 1.54) is 16.7 Å². The van der Waals surface area contributed by atoms with Crippen molar-refractivity contribution in [2.45, 2.75) is 6.04 Å². The summed E-state index contributed by atoms with van der Waals surface area (Å²) in [5.74, 6) is 0. The van der Waals surface area contributed by atoms with Crippen LogP contribution in [0.5, 0.6) is 0 Å². The van der Waals surface area contributed by atoms with Crippen molar-refractivity contribution in [3.8, 4) is 11.1 Å². The van der Waals surface area contributed by atoms with Crippen molar-refractivity contribution in [2.24, 2.45) is 0 Å². The molecule has 1 aliphatic heterocycles. The normalized spacial score (nSPS) is 20.0. The Kier molecular flexibility index (Phi) is 4.20. The van der Waals surface area contributed by atoms with Gasteiger partial charge in [0.2, 0.25) is 0 Å². The van der Waals surface area contributed by atoms with Gasteiger partial charge in [0, 0.05) is 11.0 Å². The first-order valence-electron chi connectivity index (χ1n) is 6.88. The molecule has 104 valence electrons. The van der Waals surface area contributed by atoms with Gasteiger partial charge in [0.25, 0.3) is 0 Å². The Balaban J connectivity index is 1.84. The van der Waals surface area contributed by atoms with E-state index in [2.05, 4.69) is 70.3 Å². The first-order chi connectivity index (χ1) is 9.74. The number of morpholine rings is 1. The van der Waals surface area contributed by atoms with Crippen LogP contribution in [0.25, 0.3) is 11.1 Å². The fourth-order valence-electron chi connectivity index (χ4n) is 2.60. The Bertz CT molecular complexity index is 582. The van der Waals surface area contributed by atoms with Gasteiger partial charge in [-0.25, -0.2) is 0 Å². The lowest BCUT2D eigenvalue weighted by Crippen LogP contribution is -2.36. The second-order valence-electron chi connectivity index (χ2n) is 5.20. The quantitative estimate of drug-likeness (QED) is 0.820. The number of ether oxygens (including phenoxy) is 1. The summed E-state index contributed by atoms with van der Waals surface area (Å²) in [4.78, 5) is 2.36. The lowest BCUT2D eigenvalue weighted by Gasteiger charge is -2.32. The average Bonchev–Trinajstić information content (AvgIpc) is 2.48. The third kappa shape index (κ3) is 2.95. The fourth-order valence-corrected chi connectivity index (χ4v) is 3.00. The minimum atomic E-state index is 0.375. The summed E-state index contributed by atoms with van der Waals surface area (Å²) in [6.45, 7) is 2.62. The Labute approximate surface area is 128 Å². The second kappa shape index (κ2) is 6.08. The maximum Gasteiger partial charge on any atom is 0.0664 e. The van der Waals surface area contributed by atoms with Gasteiger partial charge in [-0.15, -0.1) is 0 Å². The Morgan fingerprint density at radius 1 is 1.10 bits per heavy atom.